The van der Waals surface area contributed by atoms with Crippen molar-refractivity contribution in [2.24, 2.45) is 0 Å². The van der Waals surface area contributed by atoms with Crippen molar-refractivity contribution in [1.82, 2.24) is 15.1 Å². The molecule has 0 bridgehead atoms. The summed E-state index contributed by atoms with van der Waals surface area (Å²) in [5.74, 6) is -0.570. The first kappa shape index (κ1) is 16.3. The number of hydrogen-bond donors (Lipinski definition) is 1. The van der Waals surface area contributed by atoms with Crippen LogP contribution < -0.4 is 5.32 Å². The van der Waals surface area contributed by atoms with Crippen molar-refractivity contribution >= 4 is 17.2 Å². The lowest BCUT2D eigenvalue weighted by Gasteiger charge is -2.34. The Bertz CT molecular complexity index is 442. The third-order valence-electron chi connectivity index (χ3n) is 3.28. The van der Waals surface area contributed by atoms with E-state index in [1.165, 1.54) is 4.88 Å². The van der Waals surface area contributed by atoms with Gasteiger partial charge in [-0.15, -0.1) is 11.3 Å². The highest BCUT2D eigenvalue weighted by atomic mass is 32.1. The number of rotatable bonds is 5. The summed E-state index contributed by atoms with van der Waals surface area (Å²) in [6.45, 7) is 2.71. The minimum absolute atomic E-state index is 0.0307. The molecule has 1 aromatic heterocycles. The molecule has 4 nitrogen and oxygen atoms in total. The molecule has 1 fully saturated rings. The molecule has 2 heterocycles. The van der Waals surface area contributed by atoms with Gasteiger partial charge in [0.05, 0.1) is 6.54 Å². The molecule has 0 radical (unpaired) electrons. The third-order valence-corrected chi connectivity index (χ3v) is 4.14. The molecule has 1 amide bonds. The molecule has 1 N–H and O–H groups in total. The SMILES string of the molecule is O=C(CN1CCN(Cc2cccs2)CC1)NCC(F)(F)F. The summed E-state index contributed by atoms with van der Waals surface area (Å²) in [5, 5.41) is 3.94. The zero-order valence-corrected chi connectivity index (χ0v) is 12.3. The maximum Gasteiger partial charge on any atom is 0.405 e. The van der Waals surface area contributed by atoms with Crippen LogP contribution in [0.25, 0.3) is 0 Å². The van der Waals surface area contributed by atoms with Crippen molar-refractivity contribution in [2.45, 2.75) is 12.7 Å². The second-order valence-corrected chi connectivity index (χ2v) is 6.06. The topological polar surface area (TPSA) is 35.6 Å². The number of carbonyl (C=O) groups excluding carboxylic acids is 1. The van der Waals surface area contributed by atoms with Crippen LogP contribution in [0.3, 0.4) is 0 Å². The Balaban J connectivity index is 1.65. The first-order chi connectivity index (χ1) is 9.92. The zero-order chi connectivity index (χ0) is 15.3. The number of nitrogens with zero attached hydrogens (tertiary/aromatic N) is 2. The zero-order valence-electron chi connectivity index (χ0n) is 11.5. The fourth-order valence-corrected chi connectivity index (χ4v) is 2.93. The van der Waals surface area contributed by atoms with Crippen LogP contribution in [0.1, 0.15) is 4.88 Å². The molecule has 21 heavy (non-hydrogen) atoms. The van der Waals surface area contributed by atoms with Gasteiger partial charge < -0.3 is 5.32 Å². The van der Waals surface area contributed by atoms with Crippen LogP contribution in [0.15, 0.2) is 17.5 Å². The van der Waals surface area contributed by atoms with Gasteiger partial charge in [0.2, 0.25) is 5.91 Å². The van der Waals surface area contributed by atoms with Crippen molar-refractivity contribution in [3.63, 3.8) is 0 Å². The molecule has 8 heteroatoms. The monoisotopic (exact) mass is 321 g/mol. The van der Waals surface area contributed by atoms with Gasteiger partial charge in [0.1, 0.15) is 6.54 Å². The molecule has 1 aromatic rings. The van der Waals surface area contributed by atoms with Gasteiger partial charge in [-0.05, 0) is 11.4 Å². The van der Waals surface area contributed by atoms with E-state index in [9.17, 15) is 18.0 Å². The van der Waals surface area contributed by atoms with Crippen LogP contribution in [-0.2, 0) is 11.3 Å². The lowest BCUT2D eigenvalue weighted by atomic mass is 10.3. The standard InChI is InChI=1S/C13H18F3N3OS/c14-13(15,16)10-17-12(20)9-19-5-3-18(4-6-19)8-11-2-1-7-21-11/h1-2,7H,3-6,8-10H2,(H,17,20). The maximum absolute atomic E-state index is 12.0. The number of carbonyl (C=O) groups is 1. The Kier molecular flexibility index (Phi) is 5.60. The van der Waals surface area contributed by atoms with Gasteiger partial charge in [-0.1, -0.05) is 6.07 Å². The van der Waals surface area contributed by atoms with Crippen LogP contribution >= 0.6 is 11.3 Å². The van der Waals surface area contributed by atoms with Crippen LogP contribution in [0.5, 0.6) is 0 Å². The number of halogens is 3. The van der Waals surface area contributed by atoms with Gasteiger partial charge in [0, 0.05) is 37.6 Å². The molecule has 2 rings (SSSR count). The van der Waals surface area contributed by atoms with Gasteiger partial charge in [0.15, 0.2) is 0 Å². The van der Waals surface area contributed by atoms with Crippen molar-refractivity contribution in [3.8, 4) is 0 Å². The minimum atomic E-state index is -4.35. The molecular formula is C13H18F3N3OS. The van der Waals surface area contributed by atoms with Crippen molar-refractivity contribution in [3.05, 3.63) is 22.4 Å². The van der Waals surface area contributed by atoms with E-state index in [0.717, 1.165) is 19.6 Å². The molecule has 1 aliphatic heterocycles. The van der Waals surface area contributed by atoms with Crippen LogP contribution in [0.4, 0.5) is 13.2 Å². The predicted octanol–water partition coefficient (Wildman–Crippen LogP) is 1.54. The Morgan fingerprint density at radius 1 is 1.24 bits per heavy atom. The average Bonchev–Trinajstić information content (AvgIpc) is 2.91. The largest absolute Gasteiger partial charge is 0.405 e. The Morgan fingerprint density at radius 2 is 1.90 bits per heavy atom. The summed E-state index contributed by atoms with van der Waals surface area (Å²) in [5.41, 5.74) is 0. The summed E-state index contributed by atoms with van der Waals surface area (Å²) in [4.78, 5) is 16.9. The second kappa shape index (κ2) is 7.24. The molecule has 0 saturated carbocycles. The van der Waals surface area contributed by atoms with Gasteiger partial charge in [-0.2, -0.15) is 13.2 Å². The van der Waals surface area contributed by atoms with Gasteiger partial charge >= 0.3 is 6.18 Å². The molecule has 0 aromatic carbocycles. The number of nitrogens with one attached hydrogen (secondary N) is 1. The average molecular weight is 321 g/mol. The van der Waals surface area contributed by atoms with E-state index in [1.54, 1.807) is 11.3 Å². The van der Waals surface area contributed by atoms with Crippen LogP contribution in [0, 0.1) is 0 Å². The molecule has 0 atom stereocenters. The molecule has 0 unspecified atom stereocenters. The number of thiophene rings is 1. The van der Waals surface area contributed by atoms with E-state index in [4.69, 9.17) is 0 Å². The van der Waals surface area contributed by atoms with Crippen molar-refractivity contribution < 1.29 is 18.0 Å². The fraction of sp³-hybridized carbons (Fsp3) is 0.615. The summed E-state index contributed by atoms with van der Waals surface area (Å²) < 4.78 is 36.0. The summed E-state index contributed by atoms with van der Waals surface area (Å²) in [6, 6.07) is 4.10. The Morgan fingerprint density at radius 3 is 2.48 bits per heavy atom. The van der Waals surface area contributed by atoms with Crippen molar-refractivity contribution in [2.75, 3.05) is 39.3 Å². The molecule has 1 aliphatic rings. The van der Waals surface area contributed by atoms with E-state index in [-0.39, 0.29) is 6.54 Å². The highest BCUT2D eigenvalue weighted by Gasteiger charge is 2.28. The van der Waals surface area contributed by atoms with Gasteiger partial charge in [-0.25, -0.2) is 0 Å². The second-order valence-electron chi connectivity index (χ2n) is 5.02. The summed E-state index contributed by atoms with van der Waals surface area (Å²) in [7, 11) is 0. The van der Waals surface area contributed by atoms with Gasteiger partial charge in [0.25, 0.3) is 0 Å². The number of amides is 1. The first-order valence-electron chi connectivity index (χ1n) is 6.73. The normalized spacial score (nSPS) is 17.9. The van der Waals surface area contributed by atoms with E-state index < -0.39 is 18.6 Å². The lowest BCUT2D eigenvalue weighted by molar-refractivity contribution is -0.139. The number of hydrogen-bond acceptors (Lipinski definition) is 4. The van der Waals surface area contributed by atoms with Crippen LogP contribution in [0.2, 0.25) is 0 Å². The first-order valence-corrected chi connectivity index (χ1v) is 7.61. The summed E-state index contributed by atoms with van der Waals surface area (Å²) in [6.07, 6.45) is -4.35. The quantitative estimate of drug-likeness (QED) is 0.894. The smallest absolute Gasteiger partial charge is 0.346 e. The van der Waals surface area contributed by atoms with E-state index >= 15 is 0 Å². The minimum Gasteiger partial charge on any atom is -0.346 e. The van der Waals surface area contributed by atoms with E-state index in [2.05, 4.69) is 11.0 Å². The fourth-order valence-electron chi connectivity index (χ4n) is 2.19. The third kappa shape index (κ3) is 6.03. The van der Waals surface area contributed by atoms with Crippen LogP contribution in [-0.4, -0.2) is 61.2 Å². The Hall–Kier alpha value is -1.12. The molecule has 1 saturated heterocycles. The molecular weight excluding hydrogens is 303 g/mol. The Labute approximate surface area is 125 Å². The van der Waals surface area contributed by atoms with E-state index in [0.29, 0.717) is 13.1 Å². The molecule has 118 valence electrons. The number of piperazine rings is 1. The molecule has 0 aliphatic carbocycles. The summed E-state index contributed by atoms with van der Waals surface area (Å²) >= 11 is 1.71. The van der Waals surface area contributed by atoms with Gasteiger partial charge in [-0.3, -0.25) is 14.6 Å². The predicted molar refractivity (Wildman–Crippen MR) is 75.1 cm³/mol. The highest BCUT2D eigenvalue weighted by Crippen LogP contribution is 2.14. The highest BCUT2D eigenvalue weighted by molar-refractivity contribution is 7.09. The van der Waals surface area contributed by atoms with E-state index in [1.807, 2.05) is 21.7 Å². The maximum atomic E-state index is 12.0. The number of alkyl halides is 3. The van der Waals surface area contributed by atoms with Crippen molar-refractivity contribution in [1.29, 1.82) is 0 Å². The lowest BCUT2D eigenvalue weighted by Crippen LogP contribution is -2.49. The molecule has 0 spiro atoms.